The average molecular weight is 500 g/mol. The number of rotatable bonds is 20. The van der Waals surface area contributed by atoms with Crippen molar-refractivity contribution in [3.05, 3.63) is 48.5 Å². The predicted octanol–water partition coefficient (Wildman–Crippen LogP) is 7.07. The molecule has 7 heteroatoms. The van der Waals surface area contributed by atoms with E-state index in [0.717, 1.165) is 12.8 Å². The molecule has 0 saturated heterocycles. The van der Waals surface area contributed by atoms with E-state index in [1.807, 2.05) is 24.3 Å². The summed E-state index contributed by atoms with van der Waals surface area (Å²) in [6.45, 7) is 3.85. The standard InChI is InChI=1S/C29H45N3O4/c1-2-3-4-5-6-7-8-9-10-11-12-13-22-30-29(34)32-31-23-24-35-26-18-20-28(21-19-26)36-27-16-14-25(33)15-17-27/h14-21,31,33H,2-13,22-24H2,1H3,(H2,30,32,34). The number of phenols is 1. The van der Waals surface area contributed by atoms with Crippen LogP contribution >= 0.6 is 0 Å². The molecule has 36 heavy (non-hydrogen) atoms. The van der Waals surface area contributed by atoms with Gasteiger partial charge in [-0.15, -0.1) is 0 Å². The van der Waals surface area contributed by atoms with E-state index in [0.29, 0.717) is 36.9 Å². The first-order chi connectivity index (χ1) is 17.7. The van der Waals surface area contributed by atoms with E-state index in [1.54, 1.807) is 24.3 Å². The maximum absolute atomic E-state index is 11.8. The number of carbonyl (C=O) groups is 1. The fourth-order valence-corrected chi connectivity index (χ4v) is 3.83. The van der Waals surface area contributed by atoms with Crippen LogP contribution in [0.4, 0.5) is 4.79 Å². The minimum Gasteiger partial charge on any atom is -0.508 e. The van der Waals surface area contributed by atoms with Crippen LogP contribution in [0.5, 0.6) is 23.0 Å². The second kappa shape index (κ2) is 19.3. The highest BCUT2D eigenvalue weighted by Gasteiger charge is 2.01. The van der Waals surface area contributed by atoms with Crippen LogP contribution < -0.4 is 25.6 Å². The smallest absolute Gasteiger partial charge is 0.329 e. The Balaban J connectivity index is 1.38. The zero-order chi connectivity index (χ0) is 25.7. The van der Waals surface area contributed by atoms with Crippen molar-refractivity contribution in [2.75, 3.05) is 19.7 Å². The van der Waals surface area contributed by atoms with Crippen molar-refractivity contribution in [1.29, 1.82) is 0 Å². The summed E-state index contributed by atoms with van der Waals surface area (Å²) in [5.41, 5.74) is 5.50. The lowest BCUT2D eigenvalue weighted by Crippen LogP contribution is -2.45. The summed E-state index contributed by atoms with van der Waals surface area (Å²) in [5.74, 6) is 2.24. The number of benzene rings is 2. The van der Waals surface area contributed by atoms with Gasteiger partial charge in [-0.25, -0.2) is 10.2 Å². The van der Waals surface area contributed by atoms with Gasteiger partial charge in [-0.3, -0.25) is 5.43 Å². The van der Waals surface area contributed by atoms with Crippen molar-refractivity contribution in [1.82, 2.24) is 16.2 Å². The summed E-state index contributed by atoms with van der Waals surface area (Å²) >= 11 is 0. The molecule has 0 aliphatic carbocycles. The summed E-state index contributed by atoms with van der Waals surface area (Å²) in [6.07, 6.45) is 15.7. The Hall–Kier alpha value is -2.93. The third-order valence-corrected chi connectivity index (χ3v) is 5.91. The van der Waals surface area contributed by atoms with Crippen molar-refractivity contribution < 1.29 is 19.4 Å². The van der Waals surface area contributed by atoms with Gasteiger partial charge in [-0.2, -0.15) is 0 Å². The van der Waals surface area contributed by atoms with Crippen LogP contribution in [0, 0.1) is 0 Å². The van der Waals surface area contributed by atoms with Crippen LogP contribution in [0.1, 0.15) is 84.0 Å². The normalized spacial score (nSPS) is 10.7. The molecule has 0 spiro atoms. The minimum atomic E-state index is -0.214. The van der Waals surface area contributed by atoms with E-state index < -0.39 is 0 Å². The lowest BCUT2D eigenvalue weighted by Gasteiger charge is -2.11. The van der Waals surface area contributed by atoms with Gasteiger partial charge < -0.3 is 19.9 Å². The monoisotopic (exact) mass is 499 g/mol. The van der Waals surface area contributed by atoms with Crippen LogP contribution in [0.25, 0.3) is 0 Å². The lowest BCUT2D eigenvalue weighted by molar-refractivity contribution is 0.233. The number of unbranched alkanes of at least 4 members (excludes halogenated alkanes) is 11. The maximum atomic E-state index is 11.8. The van der Waals surface area contributed by atoms with E-state index in [9.17, 15) is 9.90 Å². The Labute approximate surface area is 216 Å². The predicted molar refractivity (Wildman–Crippen MR) is 146 cm³/mol. The Morgan fingerprint density at radius 3 is 1.78 bits per heavy atom. The van der Waals surface area contributed by atoms with Crippen LogP contribution in [0.2, 0.25) is 0 Å². The maximum Gasteiger partial charge on any atom is 0.329 e. The number of ether oxygens (including phenoxy) is 2. The van der Waals surface area contributed by atoms with Gasteiger partial charge in [-0.1, -0.05) is 77.6 Å². The van der Waals surface area contributed by atoms with E-state index in [4.69, 9.17) is 9.47 Å². The summed E-state index contributed by atoms with van der Waals surface area (Å²) in [4.78, 5) is 11.8. The highest BCUT2D eigenvalue weighted by Crippen LogP contribution is 2.25. The highest BCUT2D eigenvalue weighted by atomic mass is 16.5. The number of hydrogen-bond acceptors (Lipinski definition) is 5. The van der Waals surface area contributed by atoms with Crippen LogP contribution in [-0.2, 0) is 0 Å². The Morgan fingerprint density at radius 1 is 0.694 bits per heavy atom. The van der Waals surface area contributed by atoms with E-state index in [2.05, 4.69) is 23.1 Å². The molecule has 2 rings (SSSR count). The van der Waals surface area contributed by atoms with Gasteiger partial charge in [0, 0.05) is 13.1 Å². The fraction of sp³-hybridized carbons (Fsp3) is 0.552. The molecule has 200 valence electrons. The zero-order valence-corrected chi connectivity index (χ0v) is 21.9. The quantitative estimate of drug-likeness (QED) is 0.116. The largest absolute Gasteiger partial charge is 0.508 e. The van der Waals surface area contributed by atoms with Crippen molar-refractivity contribution in [2.24, 2.45) is 0 Å². The number of phenolic OH excluding ortho intramolecular Hbond substituents is 1. The average Bonchev–Trinajstić information content (AvgIpc) is 2.89. The molecular formula is C29H45N3O4. The topological polar surface area (TPSA) is 91.9 Å². The summed E-state index contributed by atoms with van der Waals surface area (Å²) in [6, 6.07) is 13.6. The molecule has 0 atom stereocenters. The lowest BCUT2D eigenvalue weighted by atomic mass is 10.1. The van der Waals surface area contributed by atoms with E-state index in [-0.39, 0.29) is 11.8 Å². The van der Waals surface area contributed by atoms with Crippen molar-refractivity contribution in [2.45, 2.75) is 84.0 Å². The number of hydrogen-bond donors (Lipinski definition) is 4. The van der Waals surface area contributed by atoms with Crippen molar-refractivity contribution in [3.8, 4) is 23.0 Å². The summed E-state index contributed by atoms with van der Waals surface area (Å²) in [7, 11) is 0. The van der Waals surface area contributed by atoms with Gasteiger partial charge in [0.15, 0.2) is 0 Å². The third-order valence-electron chi connectivity index (χ3n) is 5.91. The van der Waals surface area contributed by atoms with Gasteiger partial charge >= 0.3 is 6.03 Å². The number of aromatic hydroxyl groups is 1. The minimum absolute atomic E-state index is 0.200. The fourth-order valence-electron chi connectivity index (χ4n) is 3.83. The molecule has 2 aromatic rings. The molecule has 2 amide bonds. The van der Waals surface area contributed by atoms with Crippen LogP contribution in [-0.4, -0.2) is 30.8 Å². The first kappa shape index (κ1) is 29.3. The number of carbonyl (C=O) groups excluding carboxylic acids is 1. The molecule has 0 saturated carbocycles. The molecule has 4 N–H and O–H groups in total. The van der Waals surface area contributed by atoms with E-state index >= 15 is 0 Å². The zero-order valence-electron chi connectivity index (χ0n) is 21.9. The Morgan fingerprint density at radius 2 is 1.19 bits per heavy atom. The molecule has 0 bridgehead atoms. The van der Waals surface area contributed by atoms with Crippen LogP contribution in [0.3, 0.4) is 0 Å². The molecule has 0 unspecified atom stereocenters. The first-order valence-corrected chi connectivity index (χ1v) is 13.6. The van der Waals surface area contributed by atoms with Gasteiger partial charge in [0.05, 0.1) is 0 Å². The molecule has 0 aromatic heterocycles. The molecule has 0 aliphatic rings. The summed E-state index contributed by atoms with van der Waals surface area (Å²) in [5, 5.41) is 12.2. The van der Waals surface area contributed by atoms with Gasteiger partial charge in [0.2, 0.25) is 0 Å². The summed E-state index contributed by atoms with van der Waals surface area (Å²) < 4.78 is 11.4. The number of hydrazine groups is 1. The van der Waals surface area contributed by atoms with Crippen LogP contribution in [0.15, 0.2) is 48.5 Å². The Kier molecular flexibility index (Phi) is 15.7. The first-order valence-electron chi connectivity index (χ1n) is 13.6. The number of urea groups is 1. The van der Waals surface area contributed by atoms with Gasteiger partial charge in [0.25, 0.3) is 0 Å². The van der Waals surface area contributed by atoms with Crippen molar-refractivity contribution in [3.63, 3.8) is 0 Å². The highest BCUT2D eigenvalue weighted by molar-refractivity contribution is 5.73. The molecule has 0 radical (unpaired) electrons. The van der Waals surface area contributed by atoms with Gasteiger partial charge in [0.1, 0.15) is 29.6 Å². The Bertz CT molecular complexity index is 812. The molecule has 2 aromatic carbocycles. The number of amides is 2. The molecule has 0 aliphatic heterocycles. The second-order valence-electron chi connectivity index (χ2n) is 9.11. The van der Waals surface area contributed by atoms with Crippen molar-refractivity contribution >= 4 is 6.03 Å². The molecular weight excluding hydrogens is 454 g/mol. The van der Waals surface area contributed by atoms with Gasteiger partial charge in [-0.05, 0) is 55.0 Å². The number of nitrogens with one attached hydrogen (secondary N) is 3. The second-order valence-corrected chi connectivity index (χ2v) is 9.11. The molecule has 0 heterocycles. The molecule has 7 nitrogen and oxygen atoms in total. The SMILES string of the molecule is CCCCCCCCCCCCCCNC(=O)NNCCOc1ccc(Oc2ccc(O)cc2)cc1. The van der Waals surface area contributed by atoms with E-state index in [1.165, 1.54) is 64.2 Å². The third kappa shape index (κ3) is 14.5. The molecule has 0 fully saturated rings.